The first-order valence-electron chi connectivity index (χ1n) is 11.4. The van der Waals surface area contributed by atoms with Crippen LogP contribution in [-0.2, 0) is 0 Å². The molecule has 1 aromatic heterocycles. The van der Waals surface area contributed by atoms with Crippen LogP contribution >= 0.6 is 0 Å². The molecule has 0 radical (unpaired) electrons. The second-order valence-electron chi connectivity index (χ2n) is 8.54. The molecular weight excluding hydrogens is 381 g/mol. The number of rotatable bonds is 7. The first-order chi connectivity index (χ1) is 14.7. The third-order valence-electron chi connectivity index (χ3n) is 6.56. The molecule has 0 N–H and O–H groups in total. The van der Waals surface area contributed by atoms with Crippen LogP contribution in [0.15, 0.2) is 30.5 Å². The lowest BCUT2D eigenvalue weighted by molar-refractivity contribution is 0.0581. The predicted molar refractivity (Wildman–Crippen MR) is 114 cm³/mol. The number of aromatic nitrogens is 3. The zero-order chi connectivity index (χ0) is 20.9. The Balaban J connectivity index is 1.45. The Labute approximate surface area is 178 Å². The molecule has 2 aliphatic heterocycles. The largest absolute Gasteiger partial charge is 0.334 e. The van der Waals surface area contributed by atoms with Gasteiger partial charge in [0.15, 0.2) is 5.69 Å². The van der Waals surface area contributed by atoms with Crippen LogP contribution in [0.5, 0.6) is 0 Å². The Morgan fingerprint density at radius 3 is 2.60 bits per heavy atom. The van der Waals surface area contributed by atoms with Gasteiger partial charge in [0.05, 0.1) is 12.2 Å². The van der Waals surface area contributed by atoms with E-state index in [0.717, 1.165) is 44.3 Å². The first-order valence-corrected chi connectivity index (χ1v) is 11.4. The summed E-state index contributed by atoms with van der Waals surface area (Å²) in [4.78, 5) is 17.8. The summed E-state index contributed by atoms with van der Waals surface area (Å²) in [5.41, 5.74) is 1.37. The van der Waals surface area contributed by atoms with E-state index in [4.69, 9.17) is 0 Å². The molecule has 0 spiro atoms. The topological polar surface area (TPSA) is 54.3 Å². The molecule has 162 valence electrons. The van der Waals surface area contributed by atoms with E-state index < -0.39 is 0 Å². The Morgan fingerprint density at radius 2 is 1.87 bits per heavy atom. The smallest absolute Gasteiger partial charge is 0.276 e. The average molecular weight is 414 g/mol. The van der Waals surface area contributed by atoms with E-state index in [2.05, 4.69) is 22.1 Å². The minimum absolute atomic E-state index is 0.0127. The number of piperidine rings is 1. The van der Waals surface area contributed by atoms with Gasteiger partial charge >= 0.3 is 0 Å². The Kier molecular flexibility index (Phi) is 6.77. The Hall–Kier alpha value is -2.28. The van der Waals surface area contributed by atoms with Gasteiger partial charge in [-0.05, 0) is 75.7 Å². The summed E-state index contributed by atoms with van der Waals surface area (Å²) in [6, 6.07) is 6.68. The van der Waals surface area contributed by atoms with Crippen LogP contribution in [0.4, 0.5) is 4.39 Å². The molecule has 30 heavy (non-hydrogen) atoms. The molecule has 0 bridgehead atoms. The van der Waals surface area contributed by atoms with Crippen molar-refractivity contribution in [3.63, 3.8) is 0 Å². The van der Waals surface area contributed by atoms with Gasteiger partial charge in [-0.25, -0.2) is 9.07 Å². The minimum Gasteiger partial charge on any atom is -0.334 e. The molecule has 3 heterocycles. The van der Waals surface area contributed by atoms with Gasteiger partial charge in [-0.1, -0.05) is 24.3 Å². The maximum absolute atomic E-state index is 13.3. The highest BCUT2D eigenvalue weighted by Crippen LogP contribution is 2.25. The fourth-order valence-electron chi connectivity index (χ4n) is 4.84. The van der Waals surface area contributed by atoms with Crippen molar-refractivity contribution in [2.75, 3.05) is 26.2 Å². The quantitative estimate of drug-likeness (QED) is 0.691. The molecule has 1 aromatic carbocycles. The second-order valence-corrected chi connectivity index (χ2v) is 8.54. The number of likely N-dealkylation sites (tertiary alicyclic amines) is 2. The summed E-state index contributed by atoms with van der Waals surface area (Å²) in [7, 11) is 0. The van der Waals surface area contributed by atoms with Crippen molar-refractivity contribution in [2.24, 2.45) is 0 Å². The van der Waals surface area contributed by atoms with Crippen LogP contribution in [0, 0.1) is 5.82 Å². The highest BCUT2D eigenvalue weighted by atomic mass is 19.1. The molecule has 7 heteroatoms. The van der Waals surface area contributed by atoms with Gasteiger partial charge in [-0.3, -0.25) is 4.79 Å². The number of nitrogens with zero attached hydrogens (tertiary/aromatic N) is 5. The number of carbonyl (C=O) groups is 1. The van der Waals surface area contributed by atoms with Crippen molar-refractivity contribution in [2.45, 2.75) is 64.0 Å². The number of halogens is 1. The van der Waals surface area contributed by atoms with E-state index in [0.29, 0.717) is 5.69 Å². The summed E-state index contributed by atoms with van der Waals surface area (Å²) in [6.07, 6.45) is 9.47. The summed E-state index contributed by atoms with van der Waals surface area (Å²) < 4.78 is 15.0. The molecule has 0 aliphatic carbocycles. The van der Waals surface area contributed by atoms with Gasteiger partial charge in [-0.2, -0.15) is 0 Å². The van der Waals surface area contributed by atoms with Crippen molar-refractivity contribution in [1.29, 1.82) is 0 Å². The minimum atomic E-state index is -0.256. The van der Waals surface area contributed by atoms with Gasteiger partial charge in [0, 0.05) is 19.1 Å². The normalized spacial score (nSPS) is 21.1. The summed E-state index contributed by atoms with van der Waals surface area (Å²) in [6.45, 7) is 6.30. The van der Waals surface area contributed by atoms with E-state index in [1.807, 2.05) is 4.90 Å². The zero-order valence-corrected chi connectivity index (χ0v) is 17.8. The van der Waals surface area contributed by atoms with Crippen LogP contribution in [0.1, 0.15) is 74.0 Å². The van der Waals surface area contributed by atoms with Crippen molar-refractivity contribution in [3.8, 4) is 0 Å². The monoisotopic (exact) mass is 413 g/mol. The van der Waals surface area contributed by atoms with Crippen molar-refractivity contribution < 1.29 is 9.18 Å². The third-order valence-corrected chi connectivity index (χ3v) is 6.56. The Morgan fingerprint density at radius 1 is 1.13 bits per heavy atom. The molecular formula is C23H32FN5O. The zero-order valence-electron chi connectivity index (χ0n) is 17.8. The number of amides is 1. The molecule has 2 unspecified atom stereocenters. The fraction of sp³-hybridized carbons (Fsp3) is 0.609. The predicted octanol–water partition coefficient (Wildman–Crippen LogP) is 3.90. The lowest BCUT2D eigenvalue weighted by Crippen LogP contribution is -2.45. The third kappa shape index (κ3) is 4.72. The number of hydrogen-bond acceptors (Lipinski definition) is 4. The standard InChI is InChI=1S/C23H32FN5O/c1-2-22(18-8-10-19(24)11-9-18)29-17-21(25-26-29)23(30)28-15-4-3-7-20(28)12-16-27-13-5-6-14-27/h8-11,17,20,22H,2-7,12-16H2,1H3. The molecule has 2 aliphatic rings. The van der Waals surface area contributed by atoms with E-state index in [9.17, 15) is 9.18 Å². The highest BCUT2D eigenvalue weighted by Gasteiger charge is 2.30. The van der Waals surface area contributed by atoms with Crippen LogP contribution in [0.2, 0.25) is 0 Å². The van der Waals surface area contributed by atoms with E-state index >= 15 is 0 Å². The number of carbonyl (C=O) groups excluding carboxylic acids is 1. The molecule has 2 fully saturated rings. The summed E-state index contributed by atoms with van der Waals surface area (Å²) in [5.74, 6) is -0.269. The van der Waals surface area contributed by atoms with Crippen LogP contribution in [0.25, 0.3) is 0 Å². The summed E-state index contributed by atoms with van der Waals surface area (Å²) >= 11 is 0. The van der Waals surface area contributed by atoms with Crippen molar-refractivity contribution in [3.05, 3.63) is 47.5 Å². The number of hydrogen-bond donors (Lipinski definition) is 0. The lowest BCUT2D eigenvalue weighted by Gasteiger charge is -2.36. The second kappa shape index (κ2) is 9.69. The van der Waals surface area contributed by atoms with Gasteiger partial charge in [0.25, 0.3) is 5.91 Å². The first kappa shape index (κ1) is 21.0. The van der Waals surface area contributed by atoms with Crippen molar-refractivity contribution >= 4 is 5.91 Å². The molecule has 2 aromatic rings. The fourth-order valence-corrected chi connectivity index (χ4v) is 4.84. The van der Waals surface area contributed by atoms with Gasteiger partial charge in [0.1, 0.15) is 5.82 Å². The van der Waals surface area contributed by atoms with Gasteiger partial charge in [0.2, 0.25) is 0 Å². The maximum atomic E-state index is 13.3. The van der Waals surface area contributed by atoms with Gasteiger partial charge in [-0.15, -0.1) is 5.10 Å². The van der Waals surface area contributed by atoms with Crippen LogP contribution < -0.4 is 0 Å². The molecule has 6 nitrogen and oxygen atoms in total. The molecule has 2 saturated heterocycles. The van der Waals surface area contributed by atoms with E-state index in [1.54, 1.807) is 23.0 Å². The molecule has 0 saturated carbocycles. The SMILES string of the molecule is CCC(c1ccc(F)cc1)n1cc(C(=O)N2CCCCC2CCN2CCCC2)nn1. The molecule has 1 amide bonds. The van der Waals surface area contributed by atoms with Crippen LogP contribution in [0.3, 0.4) is 0 Å². The molecule has 2 atom stereocenters. The van der Waals surface area contributed by atoms with Crippen LogP contribution in [-0.4, -0.2) is 62.9 Å². The molecule has 4 rings (SSSR count). The number of benzene rings is 1. The lowest BCUT2D eigenvalue weighted by atomic mass is 9.98. The highest BCUT2D eigenvalue weighted by molar-refractivity contribution is 5.92. The summed E-state index contributed by atoms with van der Waals surface area (Å²) in [5, 5.41) is 8.47. The Bertz CT molecular complexity index is 830. The average Bonchev–Trinajstić information content (AvgIpc) is 3.46. The van der Waals surface area contributed by atoms with Gasteiger partial charge < -0.3 is 9.80 Å². The van der Waals surface area contributed by atoms with E-state index in [1.165, 1.54) is 44.5 Å². The van der Waals surface area contributed by atoms with E-state index in [-0.39, 0.29) is 23.8 Å². The maximum Gasteiger partial charge on any atom is 0.276 e. The van der Waals surface area contributed by atoms with Crippen molar-refractivity contribution in [1.82, 2.24) is 24.8 Å².